The molecule has 3 nitrogen and oxygen atoms in total. The Morgan fingerprint density at radius 3 is 2.65 bits per heavy atom. The first-order valence-electron chi connectivity index (χ1n) is 6.18. The summed E-state index contributed by atoms with van der Waals surface area (Å²) in [7, 11) is 0. The average molecular weight is 300 g/mol. The van der Waals surface area contributed by atoms with Crippen LogP contribution in [0.2, 0.25) is 0 Å². The molecule has 1 N–H and O–H groups in total. The summed E-state index contributed by atoms with van der Waals surface area (Å²) in [5.41, 5.74) is 3.73. The van der Waals surface area contributed by atoms with E-state index in [9.17, 15) is 0 Å². The highest BCUT2D eigenvalue weighted by molar-refractivity contribution is 9.10. The number of nitrogens with zero attached hydrogens (tertiary/aromatic N) is 2. The van der Waals surface area contributed by atoms with E-state index in [1.807, 2.05) is 0 Å². The fourth-order valence-electron chi connectivity index (χ4n) is 1.65. The fraction of sp³-hybridized carbons (Fsp3) is 0.615. The summed E-state index contributed by atoms with van der Waals surface area (Å²) in [6.45, 7) is 11.2. The molecule has 0 aliphatic heterocycles. The number of allylic oxidation sites excluding steroid dienone is 1. The summed E-state index contributed by atoms with van der Waals surface area (Å²) in [6.07, 6.45) is 3.16. The summed E-state index contributed by atoms with van der Waals surface area (Å²) in [4.78, 5) is 0. The Kier molecular flexibility index (Phi) is 5.92. The van der Waals surface area contributed by atoms with Crippen molar-refractivity contribution < 1.29 is 0 Å². The maximum absolute atomic E-state index is 4.57. The Bertz CT molecular complexity index is 390. The van der Waals surface area contributed by atoms with E-state index in [1.54, 1.807) is 0 Å². The normalized spacial score (nSPS) is 10.6. The number of halogens is 1. The molecule has 0 amide bonds. The summed E-state index contributed by atoms with van der Waals surface area (Å²) >= 11 is 3.65. The quantitative estimate of drug-likeness (QED) is 0.645. The zero-order valence-electron chi connectivity index (χ0n) is 11.2. The minimum atomic E-state index is 0.852. The van der Waals surface area contributed by atoms with Gasteiger partial charge in [-0.2, -0.15) is 5.10 Å². The van der Waals surface area contributed by atoms with Gasteiger partial charge in [0, 0.05) is 19.6 Å². The van der Waals surface area contributed by atoms with E-state index in [-0.39, 0.29) is 0 Å². The number of rotatable bonds is 6. The van der Waals surface area contributed by atoms with Gasteiger partial charge in [-0.3, -0.25) is 4.68 Å². The predicted octanol–water partition coefficient (Wildman–Crippen LogP) is 3.28. The Morgan fingerprint density at radius 2 is 2.12 bits per heavy atom. The van der Waals surface area contributed by atoms with Crippen molar-refractivity contribution in [2.75, 3.05) is 6.54 Å². The van der Waals surface area contributed by atoms with Gasteiger partial charge in [-0.1, -0.05) is 18.6 Å². The van der Waals surface area contributed by atoms with Crippen LogP contribution in [0.3, 0.4) is 0 Å². The van der Waals surface area contributed by atoms with Crippen molar-refractivity contribution in [3.05, 3.63) is 27.5 Å². The molecule has 96 valence electrons. The molecule has 0 saturated carbocycles. The fourth-order valence-corrected chi connectivity index (χ4v) is 2.36. The molecule has 0 aliphatic carbocycles. The van der Waals surface area contributed by atoms with Crippen molar-refractivity contribution >= 4 is 15.9 Å². The van der Waals surface area contributed by atoms with Gasteiger partial charge in [-0.05, 0) is 43.1 Å². The Hall–Kier alpha value is -0.610. The summed E-state index contributed by atoms with van der Waals surface area (Å²) < 4.78 is 3.23. The zero-order valence-corrected chi connectivity index (χ0v) is 12.8. The van der Waals surface area contributed by atoms with Crippen molar-refractivity contribution in [1.82, 2.24) is 15.1 Å². The molecule has 0 spiro atoms. The molecule has 0 fully saturated rings. The van der Waals surface area contributed by atoms with Gasteiger partial charge in [0.1, 0.15) is 0 Å². The summed E-state index contributed by atoms with van der Waals surface area (Å²) in [5, 5.41) is 7.99. The van der Waals surface area contributed by atoms with Crippen LogP contribution in [0.5, 0.6) is 0 Å². The molecule has 1 aromatic heterocycles. The molecule has 1 rings (SSSR count). The third-order valence-corrected chi connectivity index (χ3v) is 3.56. The molecule has 0 unspecified atom stereocenters. The van der Waals surface area contributed by atoms with Crippen LogP contribution < -0.4 is 5.32 Å². The predicted molar refractivity (Wildman–Crippen MR) is 76.1 cm³/mol. The molecule has 17 heavy (non-hydrogen) atoms. The zero-order chi connectivity index (χ0) is 12.8. The Labute approximate surface area is 112 Å². The Morgan fingerprint density at radius 1 is 1.41 bits per heavy atom. The van der Waals surface area contributed by atoms with E-state index < -0.39 is 0 Å². The van der Waals surface area contributed by atoms with Crippen LogP contribution in [0.1, 0.15) is 39.1 Å². The number of hydrogen-bond acceptors (Lipinski definition) is 2. The van der Waals surface area contributed by atoms with E-state index >= 15 is 0 Å². The second kappa shape index (κ2) is 6.97. The van der Waals surface area contributed by atoms with Gasteiger partial charge < -0.3 is 5.32 Å². The highest BCUT2D eigenvalue weighted by Gasteiger charge is 2.12. The number of nitrogens with one attached hydrogen (secondary N) is 1. The largest absolute Gasteiger partial charge is 0.308 e. The summed E-state index contributed by atoms with van der Waals surface area (Å²) in [5.74, 6) is 0. The van der Waals surface area contributed by atoms with Crippen molar-refractivity contribution in [2.24, 2.45) is 0 Å². The van der Waals surface area contributed by atoms with Crippen molar-refractivity contribution in [1.29, 1.82) is 0 Å². The van der Waals surface area contributed by atoms with Crippen molar-refractivity contribution in [3.8, 4) is 0 Å². The number of aromatic nitrogens is 2. The summed E-state index contributed by atoms with van der Waals surface area (Å²) in [6, 6.07) is 0. The van der Waals surface area contributed by atoms with Gasteiger partial charge in [0.25, 0.3) is 0 Å². The van der Waals surface area contributed by atoms with Gasteiger partial charge in [0.05, 0.1) is 15.9 Å². The molecular formula is C13H22BrN3. The molecule has 0 radical (unpaired) electrons. The van der Waals surface area contributed by atoms with Gasteiger partial charge >= 0.3 is 0 Å². The van der Waals surface area contributed by atoms with Crippen LogP contribution in [-0.2, 0) is 19.5 Å². The van der Waals surface area contributed by atoms with Crippen LogP contribution in [0.15, 0.2) is 16.1 Å². The molecule has 4 heteroatoms. The second-order valence-electron chi connectivity index (χ2n) is 4.29. The van der Waals surface area contributed by atoms with E-state index in [2.05, 4.69) is 64.8 Å². The van der Waals surface area contributed by atoms with E-state index in [0.29, 0.717) is 0 Å². The van der Waals surface area contributed by atoms with Crippen LogP contribution >= 0.6 is 15.9 Å². The van der Waals surface area contributed by atoms with E-state index in [4.69, 9.17) is 0 Å². The minimum absolute atomic E-state index is 0.852. The van der Waals surface area contributed by atoms with Crippen LogP contribution in [0.25, 0.3) is 0 Å². The van der Waals surface area contributed by atoms with Crippen molar-refractivity contribution in [2.45, 2.75) is 47.2 Å². The SMILES string of the molecule is CCc1nn(CC)c(CNCC=C(C)C)c1Br. The first-order chi connectivity index (χ1) is 8.10. The van der Waals surface area contributed by atoms with Crippen LogP contribution in [-0.4, -0.2) is 16.3 Å². The Balaban J connectivity index is 2.69. The third-order valence-electron chi connectivity index (χ3n) is 2.64. The van der Waals surface area contributed by atoms with Crippen LogP contribution in [0.4, 0.5) is 0 Å². The first-order valence-corrected chi connectivity index (χ1v) is 6.97. The maximum atomic E-state index is 4.57. The van der Waals surface area contributed by atoms with E-state index in [0.717, 1.165) is 36.2 Å². The van der Waals surface area contributed by atoms with E-state index in [1.165, 1.54) is 11.3 Å². The lowest BCUT2D eigenvalue weighted by Gasteiger charge is -2.06. The molecule has 0 aliphatic rings. The maximum Gasteiger partial charge on any atom is 0.0767 e. The molecule has 1 aromatic rings. The highest BCUT2D eigenvalue weighted by atomic mass is 79.9. The lowest BCUT2D eigenvalue weighted by molar-refractivity contribution is 0.589. The van der Waals surface area contributed by atoms with Gasteiger partial charge in [0.2, 0.25) is 0 Å². The highest BCUT2D eigenvalue weighted by Crippen LogP contribution is 2.22. The van der Waals surface area contributed by atoms with Gasteiger partial charge in [0.15, 0.2) is 0 Å². The average Bonchev–Trinajstić information content (AvgIpc) is 2.61. The van der Waals surface area contributed by atoms with Crippen LogP contribution in [0, 0.1) is 0 Å². The number of aryl methyl sites for hydroxylation is 2. The molecule has 1 heterocycles. The second-order valence-corrected chi connectivity index (χ2v) is 5.08. The molecule has 0 atom stereocenters. The third kappa shape index (κ3) is 3.96. The first kappa shape index (κ1) is 14.5. The number of hydrogen-bond donors (Lipinski definition) is 1. The standard InChI is InChI=1S/C13H22BrN3/c1-5-11-13(14)12(17(6-2)16-11)9-15-8-7-10(3)4/h7,15H,5-6,8-9H2,1-4H3. The molecule has 0 aromatic carbocycles. The van der Waals surface area contributed by atoms with Gasteiger partial charge in [-0.15, -0.1) is 0 Å². The monoisotopic (exact) mass is 299 g/mol. The lowest BCUT2D eigenvalue weighted by Crippen LogP contribution is -2.17. The van der Waals surface area contributed by atoms with Gasteiger partial charge in [-0.25, -0.2) is 0 Å². The van der Waals surface area contributed by atoms with Crippen molar-refractivity contribution in [3.63, 3.8) is 0 Å². The minimum Gasteiger partial charge on any atom is -0.308 e. The molecule has 0 bridgehead atoms. The molecular weight excluding hydrogens is 278 g/mol. The smallest absolute Gasteiger partial charge is 0.0767 e. The topological polar surface area (TPSA) is 29.9 Å². The lowest BCUT2D eigenvalue weighted by atomic mass is 10.3. The molecule has 0 saturated heterocycles.